The predicted octanol–water partition coefficient (Wildman–Crippen LogP) is 5.82. The van der Waals surface area contributed by atoms with Gasteiger partial charge in [0.25, 0.3) is 0 Å². The van der Waals surface area contributed by atoms with Gasteiger partial charge in [-0.15, -0.1) is 5.54 Å². The molecule has 1 fully saturated rings. The number of nitrogens with zero attached hydrogens (tertiary/aromatic N) is 1. The van der Waals surface area contributed by atoms with Crippen LogP contribution in [0.25, 0.3) is 0 Å². The number of rotatable bonds is 5. The van der Waals surface area contributed by atoms with Crippen molar-refractivity contribution < 1.29 is 14.3 Å². The Morgan fingerprint density at radius 3 is 2.11 bits per heavy atom. The van der Waals surface area contributed by atoms with E-state index in [9.17, 15) is 4.79 Å². The molecule has 0 aromatic carbocycles. The topological polar surface area (TPSA) is 38.8 Å². The van der Waals surface area contributed by atoms with Gasteiger partial charge in [-0.25, -0.2) is 4.79 Å². The highest BCUT2D eigenvalue weighted by atomic mass is 28.3. The maximum Gasteiger partial charge on any atom is 0.412 e. The molecule has 1 aliphatic rings. The minimum atomic E-state index is -1.56. The first kappa shape index (κ1) is 24.0. The van der Waals surface area contributed by atoms with E-state index >= 15 is 0 Å². The van der Waals surface area contributed by atoms with Gasteiger partial charge in [0.2, 0.25) is 0 Å². The van der Waals surface area contributed by atoms with E-state index in [1.54, 1.807) is 4.90 Å². The number of amides is 1. The SMILES string of the molecule is CC[Si](C#C[C@H]1OC(C)(C)N(C(=O)OC(C)(C)C)[C@H]1CC(C)C)(CC)CC. The lowest BCUT2D eigenvalue weighted by atomic mass is 9.98. The lowest BCUT2D eigenvalue weighted by molar-refractivity contribution is -0.0706. The number of carbonyl (C=O) groups is 1. The monoisotopic (exact) mass is 395 g/mol. The van der Waals surface area contributed by atoms with Crippen LogP contribution in [0.3, 0.4) is 0 Å². The summed E-state index contributed by atoms with van der Waals surface area (Å²) in [6.45, 7) is 20.7. The van der Waals surface area contributed by atoms with E-state index in [4.69, 9.17) is 9.47 Å². The van der Waals surface area contributed by atoms with Crippen LogP contribution in [-0.2, 0) is 9.47 Å². The molecule has 1 aliphatic heterocycles. The summed E-state index contributed by atoms with van der Waals surface area (Å²) < 4.78 is 12.0. The fourth-order valence-corrected chi connectivity index (χ4v) is 6.20. The molecule has 1 rings (SSSR count). The number of hydrogen-bond donors (Lipinski definition) is 0. The minimum Gasteiger partial charge on any atom is -0.444 e. The standard InChI is InChI=1S/C22H41NO3Si/c1-11-27(12-2,13-3)15-14-19-18(16-17(4)5)23(22(9,10)25-19)20(24)26-21(6,7)8/h17-19H,11-13,16H2,1-10H3/t18-,19+/m0/s1. The maximum absolute atomic E-state index is 13.0. The molecule has 0 spiro atoms. The second-order valence-corrected chi connectivity index (χ2v) is 14.6. The average Bonchev–Trinajstić information content (AvgIpc) is 2.77. The molecule has 0 bridgehead atoms. The van der Waals surface area contributed by atoms with Crippen molar-refractivity contribution in [2.75, 3.05) is 0 Å². The lowest BCUT2D eigenvalue weighted by Gasteiger charge is -2.35. The highest BCUT2D eigenvalue weighted by Gasteiger charge is 2.50. The van der Waals surface area contributed by atoms with Crippen molar-refractivity contribution >= 4 is 14.2 Å². The van der Waals surface area contributed by atoms with E-state index in [1.807, 2.05) is 34.6 Å². The maximum atomic E-state index is 13.0. The summed E-state index contributed by atoms with van der Waals surface area (Å²) in [7, 11) is -1.56. The molecule has 0 unspecified atom stereocenters. The summed E-state index contributed by atoms with van der Waals surface area (Å²) in [5.74, 6) is 3.91. The summed E-state index contributed by atoms with van der Waals surface area (Å²) in [6.07, 6.45) is 0.278. The number of hydrogen-bond acceptors (Lipinski definition) is 3. The van der Waals surface area contributed by atoms with E-state index in [1.165, 1.54) is 0 Å². The Kier molecular flexibility index (Phi) is 8.02. The molecular formula is C22H41NO3Si. The Morgan fingerprint density at radius 2 is 1.70 bits per heavy atom. The molecule has 1 saturated heterocycles. The van der Waals surface area contributed by atoms with Crippen LogP contribution < -0.4 is 0 Å². The quantitative estimate of drug-likeness (QED) is 0.434. The van der Waals surface area contributed by atoms with E-state index in [0.29, 0.717) is 5.92 Å². The largest absolute Gasteiger partial charge is 0.444 e. The Morgan fingerprint density at radius 1 is 1.19 bits per heavy atom. The fraction of sp³-hybridized carbons (Fsp3) is 0.864. The van der Waals surface area contributed by atoms with Crippen LogP contribution in [-0.4, -0.2) is 42.5 Å². The van der Waals surface area contributed by atoms with Crippen LogP contribution in [0.2, 0.25) is 18.1 Å². The zero-order valence-electron chi connectivity index (χ0n) is 19.2. The van der Waals surface area contributed by atoms with Crippen molar-refractivity contribution in [3.05, 3.63) is 0 Å². The van der Waals surface area contributed by atoms with Crippen molar-refractivity contribution in [2.24, 2.45) is 5.92 Å². The van der Waals surface area contributed by atoms with Crippen LogP contribution in [0.5, 0.6) is 0 Å². The van der Waals surface area contributed by atoms with Crippen LogP contribution >= 0.6 is 0 Å². The van der Waals surface area contributed by atoms with Gasteiger partial charge in [-0.2, -0.15) is 0 Å². The van der Waals surface area contributed by atoms with E-state index in [0.717, 1.165) is 24.6 Å². The Hall–Kier alpha value is -0.993. The van der Waals surface area contributed by atoms with E-state index in [2.05, 4.69) is 46.1 Å². The molecule has 27 heavy (non-hydrogen) atoms. The lowest BCUT2D eigenvalue weighted by Crippen LogP contribution is -2.50. The zero-order valence-corrected chi connectivity index (χ0v) is 20.2. The molecule has 0 aromatic heterocycles. The third-order valence-corrected chi connectivity index (χ3v) is 10.2. The third-order valence-electron chi connectivity index (χ3n) is 5.49. The second kappa shape index (κ2) is 9.00. The first-order valence-electron chi connectivity index (χ1n) is 10.5. The highest BCUT2D eigenvalue weighted by Crippen LogP contribution is 2.36. The van der Waals surface area contributed by atoms with Gasteiger partial charge in [0.1, 0.15) is 25.5 Å². The Bertz CT molecular complexity index is 556. The minimum absolute atomic E-state index is 0.0837. The molecule has 5 heteroatoms. The van der Waals surface area contributed by atoms with E-state index < -0.39 is 19.4 Å². The number of ether oxygens (including phenoxy) is 2. The fourth-order valence-electron chi connectivity index (χ4n) is 3.72. The normalized spacial score (nSPS) is 22.6. The summed E-state index contributed by atoms with van der Waals surface area (Å²) in [6, 6.07) is 3.40. The van der Waals surface area contributed by atoms with Crippen LogP contribution in [0, 0.1) is 17.4 Å². The molecule has 0 aliphatic carbocycles. The van der Waals surface area contributed by atoms with E-state index in [-0.39, 0.29) is 18.2 Å². The molecule has 0 radical (unpaired) electrons. The first-order valence-corrected chi connectivity index (χ1v) is 13.2. The van der Waals surface area contributed by atoms with Gasteiger partial charge < -0.3 is 9.47 Å². The van der Waals surface area contributed by atoms with Gasteiger partial charge in [-0.3, -0.25) is 4.90 Å². The molecule has 0 saturated carbocycles. The summed E-state index contributed by atoms with van der Waals surface area (Å²) in [5.41, 5.74) is 2.40. The molecule has 1 heterocycles. The van der Waals surface area contributed by atoms with Gasteiger partial charge in [-0.1, -0.05) is 40.5 Å². The number of carbonyl (C=O) groups excluding carboxylic acids is 1. The van der Waals surface area contributed by atoms with Crippen molar-refractivity contribution in [3.8, 4) is 11.5 Å². The molecule has 4 nitrogen and oxygen atoms in total. The Balaban J connectivity index is 3.25. The first-order chi connectivity index (χ1) is 12.3. The van der Waals surface area contributed by atoms with Crippen LogP contribution in [0.1, 0.15) is 75.7 Å². The van der Waals surface area contributed by atoms with Crippen molar-refractivity contribution in [1.82, 2.24) is 4.90 Å². The van der Waals surface area contributed by atoms with Gasteiger partial charge in [0.15, 0.2) is 0 Å². The summed E-state index contributed by atoms with van der Waals surface area (Å²) in [4.78, 5) is 14.8. The molecule has 1 amide bonds. The molecule has 0 aromatic rings. The van der Waals surface area contributed by atoms with Crippen molar-refractivity contribution in [3.63, 3.8) is 0 Å². The van der Waals surface area contributed by atoms with Gasteiger partial charge in [0, 0.05) is 0 Å². The highest BCUT2D eigenvalue weighted by molar-refractivity contribution is 6.87. The smallest absolute Gasteiger partial charge is 0.412 e. The predicted molar refractivity (Wildman–Crippen MR) is 115 cm³/mol. The average molecular weight is 396 g/mol. The third kappa shape index (κ3) is 6.25. The van der Waals surface area contributed by atoms with Crippen LogP contribution in [0.4, 0.5) is 4.79 Å². The molecule has 0 N–H and O–H groups in total. The van der Waals surface area contributed by atoms with Gasteiger partial charge >= 0.3 is 6.09 Å². The molecule has 156 valence electrons. The zero-order chi connectivity index (χ0) is 21.0. The van der Waals surface area contributed by atoms with Crippen LogP contribution in [0.15, 0.2) is 0 Å². The molecular weight excluding hydrogens is 354 g/mol. The molecule has 2 atom stereocenters. The Labute approximate surface area is 168 Å². The van der Waals surface area contributed by atoms with Gasteiger partial charge in [-0.05, 0) is 65.1 Å². The van der Waals surface area contributed by atoms with Crippen molar-refractivity contribution in [2.45, 2.75) is 117 Å². The van der Waals surface area contributed by atoms with Gasteiger partial charge in [0.05, 0.1) is 6.04 Å². The second-order valence-electron chi connectivity index (χ2n) is 9.64. The van der Waals surface area contributed by atoms with Crippen molar-refractivity contribution in [1.29, 1.82) is 0 Å². The summed E-state index contributed by atoms with van der Waals surface area (Å²) in [5, 5.41) is 0. The summed E-state index contributed by atoms with van der Waals surface area (Å²) >= 11 is 0.